The van der Waals surface area contributed by atoms with Gasteiger partial charge in [-0.3, -0.25) is 0 Å². The Morgan fingerprint density at radius 3 is 2.25 bits per heavy atom. The van der Waals surface area contributed by atoms with Crippen molar-refractivity contribution in [3.05, 3.63) is 57.3 Å². The van der Waals surface area contributed by atoms with Gasteiger partial charge in [-0.05, 0) is 34.4 Å². The Morgan fingerprint density at radius 2 is 1.67 bits per heavy atom. The molecule has 0 aliphatic rings. The number of nitrogens with one attached hydrogen (secondary N) is 2. The largest absolute Gasteiger partial charge is 0.392 e. The summed E-state index contributed by atoms with van der Waals surface area (Å²) < 4.78 is 0. The molecule has 24 heavy (non-hydrogen) atoms. The van der Waals surface area contributed by atoms with E-state index in [1.807, 2.05) is 12.1 Å². The highest BCUT2D eigenvalue weighted by atomic mass is 35.5. The number of aromatic amines is 2. The fourth-order valence-corrected chi connectivity index (χ4v) is 3.54. The molecule has 0 aliphatic heterocycles. The van der Waals surface area contributed by atoms with E-state index in [1.165, 1.54) is 0 Å². The molecular weight excluding hydrogens is 351 g/mol. The molecule has 126 valence electrons. The molecule has 0 spiro atoms. The van der Waals surface area contributed by atoms with Crippen molar-refractivity contribution in [2.45, 2.75) is 19.8 Å². The van der Waals surface area contributed by atoms with Gasteiger partial charge in [0.15, 0.2) is 0 Å². The minimum atomic E-state index is -0.311. The number of aliphatic hydroxyl groups excluding tert-OH is 3. The molecule has 0 radical (unpaired) electrons. The fourth-order valence-electron chi connectivity index (χ4n) is 2.86. The van der Waals surface area contributed by atoms with E-state index in [1.54, 1.807) is 18.3 Å². The second-order valence-electron chi connectivity index (χ2n) is 5.29. The topological polar surface area (TPSA) is 92.3 Å². The molecule has 3 aromatic rings. The summed E-state index contributed by atoms with van der Waals surface area (Å²) >= 11 is 12.9. The maximum atomic E-state index is 9.79. The van der Waals surface area contributed by atoms with E-state index in [0.29, 0.717) is 43.7 Å². The lowest BCUT2D eigenvalue weighted by molar-refractivity contribution is 0.248. The van der Waals surface area contributed by atoms with Gasteiger partial charge in [-0.1, -0.05) is 35.3 Å². The molecule has 5 nitrogen and oxygen atoms in total. The molecular formula is C17H16Cl2N2O3. The van der Waals surface area contributed by atoms with E-state index in [2.05, 4.69) is 9.97 Å². The van der Waals surface area contributed by atoms with Crippen LogP contribution in [0.5, 0.6) is 0 Å². The number of aliphatic hydroxyl groups is 3. The van der Waals surface area contributed by atoms with Crippen LogP contribution in [0.3, 0.4) is 0 Å². The molecule has 0 fully saturated rings. The zero-order valence-electron chi connectivity index (χ0n) is 12.6. The van der Waals surface area contributed by atoms with Gasteiger partial charge in [-0.25, -0.2) is 0 Å². The van der Waals surface area contributed by atoms with E-state index < -0.39 is 0 Å². The Balaban J connectivity index is 2.23. The molecule has 1 aromatic carbocycles. The molecule has 0 aliphatic carbocycles. The van der Waals surface area contributed by atoms with Gasteiger partial charge in [0, 0.05) is 11.8 Å². The molecule has 0 amide bonds. The monoisotopic (exact) mass is 366 g/mol. The van der Waals surface area contributed by atoms with Crippen molar-refractivity contribution < 1.29 is 15.3 Å². The lowest BCUT2D eigenvalue weighted by Gasteiger charge is -2.15. The van der Waals surface area contributed by atoms with Crippen molar-refractivity contribution in [1.29, 1.82) is 0 Å². The van der Waals surface area contributed by atoms with Crippen LogP contribution in [0.1, 0.15) is 16.7 Å². The van der Waals surface area contributed by atoms with Gasteiger partial charge in [0.25, 0.3) is 0 Å². The average Bonchev–Trinajstić information content (AvgIpc) is 3.21. The standard InChI is InChI=1S/C17H16Cl2N2O3/c18-15-14(17(19)21-16(15)13-2-1-5-20-13)10-4-3-9(6-22)11(7-23)12(10)8-24/h1-5,20-24H,6-8H2. The number of aromatic nitrogens is 2. The summed E-state index contributed by atoms with van der Waals surface area (Å²) in [5, 5.41) is 29.6. The Bertz CT molecular complexity index is 857. The van der Waals surface area contributed by atoms with Crippen LogP contribution in [0.15, 0.2) is 30.5 Å². The molecule has 2 aromatic heterocycles. The maximum Gasteiger partial charge on any atom is 0.116 e. The van der Waals surface area contributed by atoms with Crippen LogP contribution in [0.2, 0.25) is 10.2 Å². The lowest BCUT2D eigenvalue weighted by Crippen LogP contribution is -2.03. The molecule has 0 saturated carbocycles. The third-order valence-corrected chi connectivity index (χ3v) is 4.71. The van der Waals surface area contributed by atoms with Crippen molar-refractivity contribution in [3.63, 3.8) is 0 Å². The normalized spacial score (nSPS) is 11.2. The van der Waals surface area contributed by atoms with Crippen LogP contribution in [0.4, 0.5) is 0 Å². The van der Waals surface area contributed by atoms with Crippen LogP contribution in [0.25, 0.3) is 22.5 Å². The zero-order chi connectivity index (χ0) is 17.3. The first-order chi connectivity index (χ1) is 11.6. The number of hydrogen-bond acceptors (Lipinski definition) is 3. The predicted molar refractivity (Wildman–Crippen MR) is 93.8 cm³/mol. The van der Waals surface area contributed by atoms with Gasteiger partial charge >= 0.3 is 0 Å². The molecule has 2 heterocycles. The van der Waals surface area contributed by atoms with Crippen LogP contribution >= 0.6 is 23.2 Å². The van der Waals surface area contributed by atoms with Gasteiger partial charge < -0.3 is 25.3 Å². The minimum Gasteiger partial charge on any atom is -0.392 e. The van der Waals surface area contributed by atoms with E-state index >= 15 is 0 Å². The summed E-state index contributed by atoms with van der Waals surface area (Å²) in [4.78, 5) is 6.10. The minimum absolute atomic E-state index is 0.231. The number of benzene rings is 1. The molecule has 5 N–H and O–H groups in total. The van der Waals surface area contributed by atoms with Gasteiger partial charge in [-0.15, -0.1) is 0 Å². The maximum absolute atomic E-state index is 9.79. The lowest BCUT2D eigenvalue weighted by atomic mass is 9.93. The summed E-state index contributed by atoms with van der Waals surface area (Å²) in [5.41, 5.74) is 4.11. The number of rotatable bonds is 5. The zero-order valence-corrected chi connectivity index (χ0v) is 14.1. The molecule has 3 rings (SSSR count). The predicted octanol–water partition coefficient (Wildman–Crippen LogP) is 3.46. The number of halogens is 2. The summed E-state index contributed by atoms with van der Waals surface area (Å²) in [5.74, 6) is 0. The van der Waals surface area contributed by atoms with Crippen LogP contribution in [-0.2, 0) is 19.8 Å². The van der Waals surface area contributed by atoms with Crippen molar-refractivity contribution in [2.24, 2.45) is 0 Å². The fraction of sp³-hybridized carbons (Fsp3) is 0.176. The number of H-pyrrole nitrogens is 2. The van der Waals surface area contributed by atoms with E-state index in [-0.39, 0.29) is 19.8 Å². The molecule has 0 bridgehead atoms. The average molecular weight is 367 g/mol. The molecule has 0 saturated heterocycles. The van der Waals surface area contributed by atoms with Crippen molar-refractivity contribution in [2.75, 3.05) is 0 Å². The smallest absolute Gasteiger partial charge is 0.116 e. The SMILES string of the molecule is OCc1ccc(-c2c(Cl)[nH]c(-c3ccc[nH]3)c2Cl)c(CO)c1CO. The third-order valence-electron chi connectivity index (χ3n) is 4.04. The van der Waals surface area contributed by atoms with Crippen LogP contribution in [0, 0.1) is 0 Å². The van der Waals surface area contributed by atoms with E-state index in [0.717, 1.165) is 5.69 Å². The van der Waals surface area contributed by atoms with Crippen LogP contribution in [-0.4, -0.2) is 25.3 Å². The first-order valence-corrected chi connectivity index (χ1v) is 8.05. The van der Waals surface area contributed by atoms with Crippen LogP contribution < -0.4 is 0 Å². The second-order valence-corrected chi connectivity index (χ2v) is 6.05. The van der Waals surface area contributed by atoms with E-state index in [9.17, 15) is 15.3 Å². The van der Waals surface area contributed by atoms with Gasteiger partial charge in [-0.2, -0.15) is 0 Å². The Hall–Kier alpha value is -1.76. The number of hydrogen-bond donors (Lipinski definition) is 5. The van der Waals surface area contributed by atoms with Crippen molar-refractivity contribution >= 4 is 23.2 Å². The van der Waals surface area contributed by atoms with Crippen molar-refractivity contribution in [3.8, 4) is 22.5 Å². The second kappa shape index (κ2) is 7.01. The quantitative estimate of drug-likeness (QED) is 0.478. The first-order valence-electron chi connectivity index (χ1n) is 7.29. The summed E-state index contributed by atoms with van der Waals surface area (Å²) in [7, 11) is 0. The van der Waals surface area contributed by atoms with Crippen molar-refractivity contribution in [1.82, 2.24) is 9.97 Å². The summed E-state index contributed by atoms with van der Waals surface area (Å²) in [6.45, 7) is -0.844. The van der Waals surface area contributed by atoms with E-state index in [4.69, 9.17) is 23.2 Å². The highest BCUT2D eigenvalue weighted by Crippen LogP contribution is 2.43. The highest BCUT2D eigenvalue weighted by molar-refractivity contribution is 6.41. The summed E-state index contributed by atoms with van der Waals surface area (Å²) in [6, 6.07) is 7.13. The first kappa shape index (κ1) is 17.1. The molecule has 0 atom stereocenters. The Kier molecular flexibility index (Phi) is 4.99. The highest BCUT2D eigenvalue weighted by Gasteiger charge is 2.22. The van der Waals surface area contributed by atoms with Gasteiger partial charge in [0.1, 0.15) is 5.15 Å². The molecule has 0 unspecified atom stereocenters. The Labute approximate surface area is 148 Å². The third kappa shape index (κ3) is 2.75. The summed E-state index contributed by atoms with van der Waals surface area (Å²) in [6.07, 6.45) is 1.78. The van der Waals surface area contributed by atoms with Gasteiger partial charge in [0.05, 0.1) is 36.2 Å². The van der Waals surface area contributed by atoms with Gasteiger partial charge in [0.2, 0.25) is 0 Å². The molecule has 7 heteroatoms. The Morgan fingerprint density at radius 1 is 0.917 bits per heavy atom.